The van der Waals surface area contributed by atoms with Gasteiger partial charge < -0.3 is 0 Å². The molecule has 0 amide bonds. The molecule has 5 nitrogen and oxygen atoms in total. The Labute approximate surface area is 314 Å². The van der Waals surface area contributed by atoms with Crippen LogP contribution in [-0.2, 0) is 0 Å². The van der Waals surface area contributed by atoms with Gasteiger partial charge in [0.1, 0.15) is 0 Å². The van der Waals surface area contributed by atoms with Gasteiger partial charge in [-0.1, -0.05) is 121 Å². The summed E-state index contributed by atoms with van der Waals surface area (Å²) in [5.41, 5.74) is 14.1. The van der Waals surface area contributed by atoms with Crippen molar-refractivity contribution >= 4 is 0 Å². The number of hydrogen-bond acceptors (Lipinski definition) is 5. The quantitative estimate of drug-likeness (QED) is 0.159. The molecule has 0 aliphatic carbocycles. The molecule has 254 valence electrons. The number of pyridine rings is 2. The van der Waals surface area contributed by atoms with Gasteiger partial charge >= 0.3 is 0 Å². The Morgan fingerprint density at radius 3 is 0.981 bits per heavy atom. The van der Waals surface area contributed by atoms with Crippen molar-refractivity contribution in [3.05, 3.63) is 201 Å². The molecule has 0 fully saturated rings. The van der Waals surface area contributed by atoms with Crippen molar-refractivity contribution in [2.24, 2.45) is 0 Å². The van der Waals surface area contributed by atoms with Crippen LogP contribution in [0.25, 0.3) is 89.8 Å². The summed E-state index contributed by atoms with van der Waals surface area (Å²) in [6.45, 7) is 0. The second kappa shape index (κ2) is 14.7. The molecule has 0 saturated heterocycles. The molecule has 0 aliphatic rings. The highest BCUT2D eigenvalue weighted by Crippen LogP contribution is 2.36. The lowest BCUT2D eigenvalue weighted by atomic mass is 9.93. The summed E-state index contributed by atoms with van der Waals surface area (Å²) < 4.78 is 0. The lowest BCUT2D eigenvalue weighted by molar-refractivity contribution is 1.07. The summed E-state index contributed by atoms with van der Waals surface area (Å²) in [6.07, 6.45) is 7.01. The van der Waals surface area contributed by atoms with Crippen LogP contribution in [0, 0.1) is 0 Å². The minimum atomic E-state index is 0.581. The van der Waals surface area contributed by atoms with Crippen molar-refractivity contribution in [3.8, 4) is 89.8 Å². The average molecular weight is 692 g/mol. The lowest BCUT2D eigenvalue weighted by Crippen LogP contribution is -2.00. The number of benzene rings is 6. The first kappa shape index (κ1) is 32.5. The standard InChI is InChI=1S/C49H33N5/c1-3-9-34(10-4-1)36-17-19-37(20-18-36)40-13-7-14-41(29-40)42-15-8-16-43(30-42)45-31-44(35-11-5-2-6-12-35)32-46(33-45)49-53-47(38-21-25-50-26-22-38)52-48(54-49)39-23-27-51-28-24-39/h1-33H. The molecule has 6 aromatic carbocycles. The molecule has 0 saturated carbocycles. The van der Waals surface area contributed by atoms with Crippen LogP contribution in [0.3, 0.4) is 0 Å². The predicted octanol–water partition coefficient (Wildman–Crippen LogP) is 12.0. The van der Waals surface area contributed by atoms with Gasteiger partial charge in [-0.3, -0.25) is 9.97 Å². The maximum Gasteiger partial charge on any atom is 0.164 e. The van der Waals surface area contributed by atoms with E-state index >= 15 is 0 Å². The first-order valence-corrected chi connectivity index (χ1v) is 17.9. The van der Waals surface area contributed by atoms with Crippen molar-refractivity contribution in [2.75, 3.05) is 0 Å². The van der Waals surface area contributed by atoms with Crippen LogP contribution in [0.2, 0.25) is 0 Å². The SMILES string of the molecule is c1ccc(-c2ccc(-c3cccc(-c4cccc(-c5cc(-c6ccccc6)cc(-c6nc(-c7ccncc7)nc(-c7ccncc7)n6)c5)c4)c3)cc2)cc1. The Morgan fingerprint density at radius 2 is 0.500 bits per heavy atom. The molecular formula is C49H33N5. The molecule has 0 unspecified atom stereocenters. The van der Waals surface area contributed by atoms with Gasteiger partial charge in [0.25, 0.3) is 0 Å². The maximum atomic E-state index is 5.03. The molecule has 0 N–H and O–H groups in total. The van der Waals surface area contributed by atoms with Gasteiger partial charge in [0.15, 0.2) is 17.5 Å². The molecule has 3 heterocycles. The maximum absolute atomic E-state index is 5.03. The molecule has 0 aliphatic heterocycles. The van der Waals surface area contributed by atoms with Crippen LogP contribution < -0.4 is 0 Å². The van der Waals surface area contributed by atoms with E-state index < -0.39 is 0 Å². The minimum absolute atomic E-state index is 0.581. The van der Waals surface area contributed by atoms with E-state index in [0.29, 0.717) is 17.5 Å². The highest BCUT2D eigenvalue weighted by Gasteiger charge is 2.15. The zero-order valence-electron chi connectivity index (χ0n) is 29.3. The first-order chi connectivity index (χ1) is 26.7. The lowest BCUT2D eigenvalue weighted by Gasteiger charge is -2.13. The normalized spacial score (nSPS) is 11.0. The van der Waals surface area contributed by atoms with Gasteiger partial charge in [-0.05, 0) is 110 Å². The summed E-state index contributed by atoms with van der Waals surface area (Å²) in [6, 6.07) is 61.5. The third kappa shape index (κ3) is 6.94. The van der Waals surface area contributed by atoms with Crippen molar-refractivity contribution in [1.82, 2.24) is 24.9 Å². The van der Waals surface area contributed by atoms with Crippen molar-refractivity contribution in [3.63, 3.8) is 0 Å². The van der Waals surface area contributed by atoms with Crippen molar-refractivity contribution in [2.45, 2.75) is 0 Å². The monoisotopic (exact) mass is 691 g/mol. The molecule has 0 atom stereocenters. The van der Waals surface area contributed by atoms with E-state index in [-0.39, 0.29) is 0 Å². The Morgan fingerprint density at radius 1 is 0.204 bits per heavy atom. The summed E-state index contributed by atoms with van der Waals surface area (Å²) in [5, 5.41) is 0. The second-order valence-electron chi connectivity index (χ2n) is 13.0. The molecule has 9 rings (SSSR count). The van der Waals surface area contributed by atoms with Crippen LogP contribution in [-0.4, -0.2) is 24.9 Å². The summed E-state index contributed by atoms with van der Waals surface area (Å²) in [5.74, 6) is 1.75. The van der Waals surface area contributed by atoms with Gasteiger partial charge in [-0.15, -0.1) is 0 Å². The van der Waals surface area contributed by atoms with E-state index in [1.807, 2.05) is 36.4 Å². The van der Waals surface area contributed by atoms with E-state index in [9.17, 15) is 0 Å². The first-order valence-electron chi connectivity index (χ1n) is 17.9. The Bertz CT molecular complexity index is 2620. The Balaban J connectivity index is 1.13. The molecule has 3 aromatic heterocycles. The second-order valence-corrected chi connectivity index (χ2v) is 13.0. The molecule has 54 heavy (non-hydrogen) atoms. The summed E-state index contributed by atoms with van der Waals surface area (Å²) in [4.78, 5) is 23.3. The number of hydrogen-bond donors (Lipinski definition) is 0. The highest BCUT2D eigenvalue weighted by molar-refractivity contribution is 5.83. The predicted molar refractivity (Wildman–Crippen MR) is 219 cm³/mol. The van der Waals surface area contributed by atoms with Gasteiger partial charge in [0, 0.05) is 41.5 Å². The number of aromatic nitrogens is 5. The molecule has 0 radical (unpaired) electrons. The van der Waals surface area contributed by atoms with E-state index in [2.05, 4.69) is 149 Å². The molecule has 0 bridgehead atoms. The van der Waals surface area contributed by atoms with Crippen LogP contribution in [0.15, 0.2) is 201 Å². The third-order valence-corrected chi connectivity index (χ3v) is 9.53. The molecule has 9 aromatic rings. The van der Waals surface area contributed by atoms with Crippen LogP contribution in [0.5, 0.6) is 0 Å². The number of rotatable bonds is 8. The van der Waals surface area contributed by atoms with Crippen LogP contribution in [0.4, 0.5) is 0 Å². The Kier molecular flexibility index (Phi) is 8.86. The average Bonchev–Trinajstić information content (AvgIpc) is 3.27. The Hall–Kier alpha value is -7.37. The largest absolute Gasteiger partial charge is 0.265 e. The van der Waals surface area contributed by atoms with Gasteiger partial charge in [-0.2, -0.15) is 0 Å². The molecule has 0 spiro atoms. The van der Waals surface area contributed by atoms with Crippen LogP contribution in [0.1, 0.15) is 0 Å². The topological polar surface area (TPSA) is 64.5 Å². The fourth-order valence-corrected chi connectivity index (χ4v) is 6.73. The van der Waals surface area contributed by atoms with Gasteiger partial charge in [0.05, 0.1) is 0 Å². The molecule has 5 heteroatoms. The minimum Gasteiger partial charge on any atom is -0.265 e. The zero-order chi connectivity index (χ0) is 36.1. The molecular weight excluding hydrogens is 659 g/mol. The van der Waals surface area contributed by atoms with Crippen LogP contribution >= 0.6 is 0 Å². The van der Waals surface area contributed by atoms with Crippen molar-refractivity contribution in [1.29, 1.82) is 0 Å². The fourth-order valence-electron chi connectivity index (χ4n) is 6.73. The highest BCUT2D eigenvalue weighted by atomic mass is 15.0. The van der Waals surface area contributed by atoms with E-state index in [1.165, 1.54) is 22.3 Å². The summed E-state index contributed by atoms with van der Waals surface area (Å²) >= 11 is 0. The number of nitrogens with zero attached hydrogens (tertiary/aromatic N) is 5. The van der Waals surface area contributed by atoms with Gasteiger partial charge in [-0.25, -0.2) is 15.0 Å². The van der Waals surface area contributed by atoms with Crippen molar-refractivity contribution < 1.29 is 0 Å². The van der Waals surface area contributed by atoms with E-state index in [0.717, 1.165) is 50.1 Å². The smallest absolute Gasteiger partial charge is 0.164 e. The third-order valence-electron chi connectivity index (χ3n) is 9.53. The van der Waals surface area contributed by atoms with E-state index in [4.69, 9.17) is 15.0 Å². The van der Waals surface area contributed by atoms with Gasteiger partial charge in [0.2, 0.25) is 0 Å². The zero-order valence-corrected chi connectivity index (χ0v) is 29.3. The summed E-state index contributed by atoms with van der Waals surface area (Å²) in [7, 11) is 0. The van der Waals surface area contributed by atoms with E-state index in [1.54, 1.807) is 24.8 Å². The fraction of sp³-hybridized carbons (Fsp3) is 0.